The Balaban J connectivity index is 1.35. The molecular formula is C24H29N5O2. The molecule has 7 nitrogen and oxygen atoms in total. The molecule has 1 amide bonds. The van der Waals surface area contributed by atoms with Crippen molar-refractivity contribution >= 4 is 22.5 Å². The van der Waals surface area contributed by atoms with Gasteiger partial charge in [0, 0.05) is 53.9 Å². The van der Waals surface area contributed by atoms with E-state index < -0.39 is 0 Å². The second kappa shape index (κ2) is 8.70. The number of aromatic nitrogens is 1. The Morgan fingerprint density at radius 1 is 1.16 bits per heavy atom. The average molecular weight is 420 g/mol. The molecule has 0 aliphatic carbocycles. The van der Waals surface area contributed by atoms with Crippen LogP contribution < -0.4 is 16.2 Å². The Hall–Kier alpha value is -2.87. The van der Waals surface area contributed by atoms with Gasteiger partial charge < -0.3 is 20.5 Å². The van der Waals surface area contributed by atoms with Crippen molar-refractivity contribution in [3.05, 3.63) is 64.8 Å². The van der Waals surface area contributed by atoms with Crippen LogP contribution in [0.4, 0.5) is 5.69 Å². The van der Waals surface area contributed by atoms with Crippen LogP contribution in [0.1, 0.15) is 46.6 Å². The van der Waals surface area contributed by atoms with Gasteiger partial charge in [-0.15, -0.1) is 0 Å². The van der Waals surface area contributed by atoms with Gasteiger partial charge in [0.05, 0.1) is 24.9 Å². The molecule has 0 bridgehead atoms. The predicted octanol–water partition coefficient (Wildman–Crippen LogP) is 3.16. The first-order valence-electron chi connectivity index (χ1n) is 11.1. The third kappa shape index (κ3) is 4.17. The summed E-state index contributed by atoms with van der Waals surface area (Å²) in [5, 5.41) is 4.15. The van der Waals surface area contributed by atoms with E-state index in [4.69, 9.17) is 4.74 Å². The van der Waals surface area contributed by atoms with Gasteiger partial charge in [-0.25, -0.2) is 5.43 Å². The summed E-state index contributed by atoms with van der Waals surface area (Å²) >= 11 is 0. The number of carbonyl (C=O) groups excluding carboxylic acids is 1. The van der Waals surface area contributed by atoms with Crippen LogP contribution in [0.15, 0.2) is 42.5 Å². The summed E-state index contributed by atoms with van der Waals surface area (Å²) in [6.45, 7) is 7.30. The normalized spacial score (nSPS) is 18.7. The van der Waals surface area contributed by atoms with Crippen LogP contribution in [-0.4, -0.2) is 48.6 Å². The van der Waals surface area contributed by atoms with Crippen LogP contribution in [0, 0.1) is 0 Å². The van der Waals surface area contributed by atoms with Crippen molar-refractivity contribution in [2.24, 2.45) is 0 Å². The highest BCUT2D eigenvalue weighted by Crippen LogP contribution is 2.34. The van der Waals surface area contributed by atoms with Crippen molar-refractivity contribution in [3.63, 3.8) is 0 Å². The molecule has 3 heterocycles. The fourth-order valence-corrected chi connectivity index (χ4v) is 4.35. The number of ether oxygens (including phenoxy) is 1. The topological polar surface area (TPSA) is 81.4 Å². The molecule has 5 rings (SSSR count). The Labute approximate surface area is 182 Å². The number of hydrazine groups is 1. The van der Waals surface area contributed by atoms with Crippen LogP contribution in [0.3, 0.4) is 0 Å². The lowest BCUT2D eigenvalue weighted by atomic mass is 10.0. The van der Waals surface area contributed by atoms with Crippen LogP contribution >= 0.6 is 0 Å². The van der Waals surface area contributed by atoms with Gasteiger partial charge in [0.25, 0.3) is 5.91 Å². The molecule has 7 heteroatoms. The van der Waals surface area contributed by atoms with E-state index in [2.05, 4.69) is 50.3 Å². The first kappa shape index (κ1) is 20.1. The van der Waals surface area contributed by atoms with Gasteiger partial charge in [0.1, 0.15) is 0 Å². The number of anilines is 1. The van der Waals surface area contributed by atoms with Crippen molar-refractivity contribution in [1.29, 1.82) is 0 Å². The van der Waals surface area contributed by atoms with Gasteiger partial charge in [-0.1, -0.05) is 19.1 Å². The molecule has 1 atom stereocenters. The van der Waals surface area contributed by atoms with Crippen LogP contribution in [0.2, 0.25) is 0 Å². The van der Waals surface area contributed by atoms with Crippen LogP contribution in [0.5, 0.6) is 0 Å². The maximum absolute atomic E-state index is 12.3. The summed E-state index contributed by atoms with van der Waals surface area (Å²) in [7, 11) is 0. The maximum Gasteiger partial charge on any atom is 0.251 e. The highest BCUT2D eigenvalue weighted by Gasteiger charge is 2.26. The minimum absolute atomic E-state index is 0.0119. The fourth-order valence-electron chi connectivity index (χ4n) is 4.35. The summed E-state index contributed by atoms with van der Waals surface area (Å²) < 4.78 is 5.45. The van der Waals surface area contributed by atoms with Crippen molar-refractivity contribution in [2.75, 3.05) is 38.3 Å². The molecule has 3 aromatic rings. The number of amides is 1. The zero-order valence-corrected chi connectivity index (χ0v) is 17.8. The molecule has 1 fully saturated rings. The number of H-pyrrole nitrogens is 1. The highest BCUT2D eigenvalue weighted by atomic mass is 16.5. The second-order valence-corrected chi connectivity index (χ2v) is 8.30. The fraction of sp³-hybridized carbons (Fsp3) is 0.375. The first-order valence-corrected chi connectivity index (χ1v) is 11.1. The molecule has 1 unspecified atom stereocenters. The number of rotatable bonds is 6. The molecule has 162 valence electrons. The third-order valence-electron chi connectivity index (χ3n) is 6.04. The lowest BCUT2D eigenvalue weighted by Gasteiger charge is -2.26. The molecule has 1 aromatic heterocycles. The molecular weight excluding hydrogens is 390 g/mol. The Morgan fingerprint density at radius 3 is 2.87 bits per heavy atom. The number of nitrogens with one attached hydrogen (secondary N) is 4. The van der Waals surface area contributed by atoms with Gasteiger partial charge in [0.2, 0.25) is 0 Å². The number of benzene rings is 2. The lowest BCUT2D eigenvalue weighted by Crippen LogP contribution is -2.35. The minimum atomic E-state index is -0.0340. The SMILES string of the molecule is CCCNC(=O)c1ccc2c(c1)NNC2c1cc2cc(CN3CCOCC3)ccc2[nH]1. The molecule has 2 aliphatic heterocycles. The summed E-state index contributed by atoms with van der Waals surface area (Å²) in [6.07, 6.45) is 0.924. The number of morpholine rings is 1. The highest BCUT2D eigenvalue weighted by molar-refractivity contribution is 5.95. The lowest BCUT2D eigenvalue weighted by molar-refractivity contribution is 0.0342. The average Bonchev–Trinajstić information content (AvgIpc) is 3.41. The zero-order valence-electron chi connectivity index (χ0n) is 17.8. The van der Waals surface area contributed by atoms with Crippen molar-refractivity contribution < 1.29 is 9.53 Å². The molecule has 2 aliphatic rings. The van der Waals surface area contributed by atoms with E-state index >= 15 is 0 Å². The Bertz CT molecular complexity index is 1090. The van der Waals surface area contributed by atoms with Crippen molar-refractivity contribution in [3.8, 4) is 0 Å². The summed E-state index contributed by atoms with van der Waals surface area (Å²) in [6, 6.07) is 14.7. The zero-order chi connectivity index (χ0) is 21.2. The van der Waals surface area contributed by atoms with Crippen LogP contribution in [0.25, 0.3) is 10.9 Å². The predicted molar refractivity (Wildman–Crippen MR) is 122 cm³/mol. The number of hydrogen-bond acceptors (Lipinski definition) is 5. The smallest absolute Gasteiger partial charge is 0.251 e. The maximum atomic E-state index is 12.3. The van der Waals surface area contributed by atoms with Gasteiger partial charge >= 0.3 is 0 Å². The summed E-state index contributed by atoms with van der Waals surface area (Å²) in [5.41, 5.74) is 12.9. The molecule has 2 aromatic carbocycles. The summed E-state index contributed by atoms with van der Waals surface area (Å²) in [5.74, 6) is -0.0340. The van der Waals surface area contributed by atoms with E-state index in [0.29, 0.717) is 12.1 Å². The number of fused-ring (bicyclic) bond motifs is 2. The van der Waals surface area contributed by atoms with Gasteiger partial charge in [-0.3, -0.25) is 9.69 Å². The quantitative estimate of drug-likeness (QED) is 0.494. The van der Waals surface area contributed by atoms with Crippen molar-refractivity contribution in [1.82, 2.24) is 20.6 Å². The van der Waals surface area contributed by atoms with Gasteiger partial charge in [-0.2, -0.15) is 0 Å². The molecule has 0 saturated carbocycles. The number of nitrogens with zero attached hydrogens (tertiary/aromatic N) is 1. The first-order chi connectivity index (χ1) is 15.2. The minimum Gasteiger partial charge on any atom is -0.379 e. The summed E-state index contributed by atoms with van der Waals surface area (Å²) in [4.78, 5) is 18.3. The molecule has 4 N–H and O–H groups in total. The largest absolute Gasteiger partial charge is 0.379 e. The van der Waals surface area contributed by atoms with Gasteiger partial charge in [0.15, 0.2) is 0 Å². The standard InChI is InChI=1S/C24H29N5O2/c1-2-7-25-24(30)17-4-5-19-21(13-17)27-28-23(19)22-14-18-12-16(3-6-20(18)26-22)15-29-8-10-31-11-9-29/h3-6,12-14,23,26-28H,2,7-11,15H2,1H3,(H,25,30). The Kier molecular flexibility index (Phi) is 5.63. The molecule has 31 heavy (non-hydrogen) atoms. The molecule has 1 saturated heterocycles. The van der Waals surface area contributed by atoms with Crippen molar-refractivity contribution in [2.45, 2.75) is 25.9 Å². The molecule has 0 radical (unpaired) electrons. The molecule has 0 spiro atoms. The van der Waals surface area contributed by atoms with Gasteiger partial charge in [-0.05, 0) is 42.3 Å². The van der Waals surface area contributed by atoms with E-state index in [9.17, 15) is 4.79 Å². The monoisotopic (exact) mass is 419 g/mol. The van der Waals surface area contributed by atoms with E-state index in [-0.39, 0.29) is 11.9 Å². The number of carbonyl (C=O) groups is 1. The second-order valence-electron chi connectivity index (χ2n) is 8.30. The van der Waals surface area contributed by atoms with E-state index in [1.165, 1.54) is 10.9 Å². The third-order valence-corrected chi connectivity index (χ3v) is 6.04. The number of hydrogen-bond donors (Lipinski definition) is 4. The van der Waals surface area contributed by atoms with E-state index in [1.54, 1.807) is 0 Å². The Morgan fingerprint density at radius 2 is 2.03 bits per heavy atom. The van der Waals surface area contributed by atoms with Crippen LogP contribution in [-0.2, 0) is 11.3 Å². The number of aromatic amines is 1. The van der Waals surface area contributed by atoms with E-state index in [0.717, 1.165) is 61.7 Å². The van der Waals surface area contributed by atoms with E-state index in [1.807, 2.05) is 25.1 Å².